The quantitative estimate of drug-likeness (QED) is 0.277. The van der Waals surface area contributed by atoms with Gasteiger partial charge in [0, 0.05) is 37.2 Å². The summed E-state index contributed by atoms with van der Waals surface area (Å²) in [5, 5.41) is 6.04. The maximum Gasteiger partial charge on any atom is 0.144 e. The predicted molar refractivity (Wildman–Crippen MR) is 127 cm³/mol. The number of furan rings is 1. The number of pyridine rings is 1. The summed E-state index contributed by atoms with van der Waals surface area (Å²) >= 11 is 1.81. The first-order chi connectivity index (χ1) is 14.9. The van der Waals surface area contributed by atoms with Crippen LogP contribution in [0.15, 0.2) is 95.4 Å². The fourth-order valence-electron chi connectivity index (χ4n) is 4.55. The molecule has 0 radical (unpaired) electrons. The molecule has 0 aliphatic heterocycles. The van der Waals surface area contributed by atoms with E-state index in [1.165, 1.54) is 25.6 Å². The van der Waals surface area contributed by atoms with Crippen molar-refractivity contribution in [3.05, 3.63) is 91.0 Å². The van der Waals surface area contributed by atoms with E-state index in [4.69, 9.17) is 9.40 Å². The summed E-state index contributed by atoms with van der Waals surface area (Å²) in [5.74, 6) is 0. The molecule has 3 heteroatoms. The molecule has 0 saturated carbocycles. The molecule has 7 rings (SSSR count). The summed E-state index contributed by atoms with van der Waals surface area (Å²) < 4.78 is 8.83. The Labute approximate surface area is 176 Å². The monoisotopic (exact) mass is 401 g/mol. The van der Waals surface area contributed by atoms with Crippen molar-refractivity contribution in [3.8, 4) is 11.3 Å². The first kappa shape index (κ1) is 16.1. The number of thiophene rings is 1. The van der Waals surface area contributed by atoms with Crippen molar-refractivity contribution in [3.63, 3.8) is 0 Å². The average molecular weight is 401 g/mol. The molecule has 0 aliphatic carbocycles. The molecule has 3 aromatic heterocycles. The van der Waals surface area contributed by atoms with E-state index >= 15 is 0 Å². The fourth-order valence-corrected chi connectivity index (χ4v) is 5.77. The number of para-hydroxylation sites is 3. The van der Waals surface area contributed by atoms with Gasteiger partial charge in [0.05, 0.1) is 15.9 Å². The van der Waals surface area contributed by atoms with Crippen molar-refractivity contribution in [1.82, 2.24) is 4.98 Å². The van der Waals surface area contributed by atoms with Gasteiger partial charge in [-0.2, -0.15) is 0 Å². The van der Waals surface area contributed by atoms with Crippen LogP contribution < -0.4 is 0 Å². The van der Waals surface area contributed by atoms with E-state index in [9.17, 15) is 0 Å². The fraction of sp³-hybridized carbons (Fsp3) is 0. The van der Waals surface area contributed by atoms with Gasteiger partial charge in [-0.25, -0.2) is 4.98 Å². The summed E-state index contributed by atoms with van der Waals surface area (Å²) in [5.41, 5.74) is 4.87. The summed E-state index contributed by atoms with van der Waals surface area (Å²) in [6, 6.07) is 31.6. The lowest BCUT2D eigenvalue weighted by Crippen LogP contribution is -1.87. The van der Waals surface area contributed by atoms with E-state index in [-0.39, 0.29) is 0 Å². The molecule has 0 bridgehead atoms. The zero-order valence-corrected chi connectivity index (χ0v) is 16.7. The largest absolute Gasteiger partial charge is 0.455 e. The lowest BCUT2D eigenvalue weighted by molar-refractivity contribution is 0.670. The Bertz CT molecular complexity index is 1760. The van der Waals surface area contributed by atoms with Crippen molar-refractivity contribution in [1.29, 1.82) is 0 Å². The topological polar surface area (TPSA) is 26.0 Å². The van der Waals surface area contributed by atoms with Gasteiger partial charge in [-0.15, -0.1) is 11.3 Å². The van der Waals surface area contributed by atoms with Gasteiger partial charge in [0.15, 0.2) is 0 Å². The predicted octanol–water partition coefficient (Wildman–Crippen LogP) is 8.17. The molecule has 0 unspecified atom stereocenters. The number of aromatic nitrogens is 1. The second kappa shape index (κ2) is 5.91. The minimum Gasteiger partial charge on any atom is -0.455 e. The van der Waals surface area contributed by atoms with Crippen LogP contribution in [0.1, 0.15) is 0 Å². The van der Waals surface area contributed by atoms with E-state index in [2.05, 4.69) is 78.9 Å². The lowest BCUT2D eigenvalue weighted by Gasteiger charge is -2.07. The number of rotatable bonds is 1. The molecule has 4 aromatic carbocycles. The van der Waals surface area contributed by atoms with Crippen LogP contribution in [0.5, 0.6) is 0 Å². The number of nitrogens with zero attached hydrogens (tertiary/aromatic N) is 1. The molecule has 3 heterocycles. The molecule has 0 fully saturated rings. The van der Waals surface area contributed by atoms with Gasteiger partial charge in [-0.1, -0.05) is 66.7 Å². The minimum atomic E-state index is 0.903. The third kappa shape index (κ3) is 2.10. The minimum absolute atomic E-state index is 0.903. The maximum absolute atomic E-state index is 6.34. The molecule has 30 heavy (non-hydrogen) atoms. The highest BCUT2D eigenvalue weighted by Gasteiger charge is 2.19. The second-order valence-corrected chi connectivity index (χ2v) is 8.61. The van der Waals surface area contributed by atoms with Crippen LogP contribution in [-0.4, -0.2) is 4.98 Å². The zero-order chi connectivity index (χ0) is 19.7. The van der Waals surface area contributed by atoms with E-state index in [0.717, 1.165) is 38.7 Å². The number of hydrogen-bond donors (Lipinski definition) is 0. The Balaban J connectivity index is 1.70. The molecule has 0 saturated heterocycles. The van der Waals surface area contributed by atoms with Gasteiger partial charge in [-0.3, -0.25) is 0 Å². The Morgan fingerprint density at radius 2 is 1.37 bits per heavy atom. The van der Waals surface area contributed by atoms with Crippen LogP contribution in [-0.2, 0) is 0 Å². The molecular formula is C27H15NOS. The maximum atomic E-state index is 6.34. The molecule has 2 nitrogen and oxygen atoms in total. The third-order valence-corrected chi connectivity index (χ3v) is 7.05. The van der Waals surface area contributed by atoms with Gasteiger partial charge in [0.25, 0.3) is 0 Å². The van der Waals surface area contributed by atoms with Crippen molar-refractivity contribution in [2.75, 3.05) is 0 Å². The summed E-state index contributed by atoms with van der Waals surface area (Å²) in [6.07, 6.45) is 0. The highest BCUT2D eigenvalue weighted by Crippen LogP contribution is 2.44. The molecule has 0 aliphatic rings. The smallest absolute Gasteiger partial charge is 0.144 e. The lowest BCUT2D eigenvalue weighted by atomic mass is 10.0. The Morgan fingerprint density at radius 1 is 0.633 bits per heavy atom. The second-order valence-electron chi connectivity index (χ2n) is 7.56. The molecule has 7 aromatic rings. The Hall–Kier alpha value is -3.69. The number of fused-ring (bicyclic) bond motifs is 8. The summed E-state index contributed by atoms with van der Waals surface area (Å²) in [6.45, 7) is 0. The van der Waals surface area contributed by atoms with E-state index < -0.39 is 0 Å². The zero-order valence-electron chi connectivity index (χ0n) is 15.9. The van der Waals surface area contributed by atoms with Crippen molar-refractivity contribution < 1.29 is 4.42 Å². The van der Waals surface area contributed by atoms with Crippen LogP contribution in [0.25, 0.3) is 64.3 Å². The molecule has 0 atom stereocenters. The average Bonchev–Trinajstić information content (AvgIpc) is 3.37. The molecule has 0 spiro atoms. The van der Waals surface area contributed by atoms with E-state index in [0.29, 0.717) is 0 Å². The van der Waals surface area contributed by atoms with Gasteiger partial charge in [0.1, 0.15) is 11.2 Å². The van der Waals surface area contributed by atoms with Crippen LogP contribution in [0.4, 0.5) is 0 Å². The normalized spacial score (nSPS) is 12.0. The number of benzene rings is 4. The highest BCUT2D eigenvalue weighted by atomic mass is 32.1. The molecule has 0 amide bonds. The van der Waals surface area contributed by atoms with Crippen molar-refractivity contribution >= 4 is 64.4 Å². The Kier molecular flexibility index (Phi) is 3.18. The van der Waals surface area contributed by atoms with Gasteiger partial charge >= 0.3 is 0 Å². The van der Waals surface area contributed by atoms with Gasteiger partial charge in [-0.05, 0) is 24.3 Å². The first-order valence-electron chi connectivity index (χ1n) is 9.99. The van der Waals surface area contributed by atoms with Crippen LogP contribution >= 0.6 is 11.3 Å². The highest BCUT2D eigenvalue weighted by molar-refractivity contribution is 7.26. The van der Waals surface area contributed by atoms with E-state index in [1.54, 1.807) is 0 Å². The standard InChI is InChI=1S/C27H15NOS/c1-4-13-21-18(9-1)24-19-10-3-6-15-23(19)30-27(24)25(28-21)20-12-7-11-17-16-8-2-5-14-22(16)29-26(17)20/h1-15H. The SMILES string of the molecule is c1ccc2c(c1)nc(-c1cccc3c1oc1ccccc13)c1sc3ccccc3c12. The van der Waals surface area contributed by atoms with E-state index in [1.807, 2.05) is 23.5 Å². The summed E-state index contributed by atoms with van der Waals surface area (Å²) in [4.78, 5) is 5.14. The Morgan fingerprint density at radius 3 is 2.30 bits per heavy atom. The van der Waals surface area contributed by atoms with Crippen LogP contribution in [0.2, 0.25) is 0 Å². The van der Waals surface area contributed by atoms with Gasteiger partial charge < -0.3 is 4.42 Å². The molecule has 140 valence electrons. The molecular weight excluding hydrogens is 386 g/mol. The summed E-state index contributed by atoms with van der Waals surface area (Å²) in [7, 11) is 0. The van der Waals surface area contributed by atoms with Crippen LogP contribution in [0, 0.1) is 0 Å². The van der Waals surface area contributed by atoms with Gasteiger partial charge in [0.2, 0.25) is 0 Å². The van der Waals surface area contributed by atoms with Crippen molar-refractivity contribution in [2.45, 2.75) is 0 Å². The third-order valence-electron chi connectivity index (χ3n) is 5.88. The van der Waals surface area contributed by atoms with Crippen molar-refractivity contribution in [2.24, 2.45) is 0 Å². The number of hydrogen-bond acceptors (Lipinski definition) is 3. The first-order valence-corrected chi connectivity index (χ1v) is 10.8. The van der Waals surface area contributed by atoms with Crippen LogP contribution in [0.3, 0.4) is 0 Å². The molecule has 0 N–H and O–H groups in total.